The highest BCUT2D eigenvalue weighted by atomic mass is 35.5. The molecule has 1 N–H and O–H groups in total. The Morgan fingerprint density at radius 2 is 1.45 bits per heavy atom. The highest BCUT2D eigenvalue weighted by molar-refractivity contribution is 8.11. The van der Waals surface area contributed by atoms with Crippen LogP contribution in [0, 0.1) is 11.8 Å². The quantitative estimate of drug-likeness (QED) is 0.145. The number of carboxylic acid groups (broad SMARTS) is 1. The van der Waals surface area contributed by atoms with Crippen LogP contribution in [0.2, 0.25) is 5.02 Å². The Morgan fingerprint density at radius 3 is 1.90 bits per heavy atom. The molecule has 2 heterocycles. The lowest BCUT2D eigenvalue weighted by Gasteiger charge is -2.24. The molecule has 0 aliphatic heterocycles. The van der Waals surface area contributed by atoms with E-state index < -0.39 is 46.6 Å². The van der Waals surface area contributed by atoms with Crippen molar-refractivity contribution in [1.29, 1.82) is 0 Å². The summed E-state index contributed by atoms with van der Waals surface area (Å²) in [6, 6.07) is 14.6. The third-order valence-electron chi connectivity index (χ3n) is 6.26. The Labute approximate surface area is 295 Å². The van der Waals surface area contributed by atoms with Crippen molar-refractivity contribution in [3.05, 3.63) is 112 Å². The van der Waals surface area contributed by atoms with E-state index in [1.165, 1.54) is 11.1 Å². The van der Waals surface area contributed by atoms with Gasteiger partial charge in [0, 0.05) is 36.3 Å². The van der Waals surface area contributed by atoms with Gasteiger partial charge in [0.25, 0.3) is 0 Å². The molecule has 0 radical (unpaired) electrons. The maximum absolute atomic E-state index is 12.5. The summed E-state index contributed by atoms with van der Waals surface area (Å²) in [5.74, 6) is 4.31. The number of rotatable bonds is 8. The number of pyridine rings is 1. The van der Waals surface area contributed by atoms with Gasteiger partial charge in [0.15, 0.2) is 5.82 Å². The lowest BCUT2D eigenvalue weighted by atomic mass is 9.95. The van der Waals surface area contributed by atoms with Gasteiger partial charge in [-0.2, -0.15) is 43.2 Å². The summed E-state index contributed by atoms with van der Waals surface area (Å²) < 4.78 is 120. The van der Waals surface area contributed by atoms with Crippen LogP contribution in [-0.2, 0) is 37.8 Å². The van der Waals surface area contributed by atoms with Crippen molar-refractivity contribution < 1.29 is 53.1 Å². The van der Waals surface area contributed by atoms with Gasteiger partial charge in [-0.25, -0.2) is 9.97 Å². The monoisotopic (exact) mass is 780 g/mol. The molecule has 0 aliphatic carbocycles. The molecule has 276 valence electrons. The lowest BCUT2D eigenvalue weighted by Crippen LogP contribution is -2.49. The summed E-state index contributed by atoms with van der Waals surface area (Å²) >= 11 is 5.30. The van der Waals surface area contributed by atoms with Gasteiger partial charge in [-0.15, -0.1) is 3.71 Å². The van der Waals surface area contributed by atoms with Gasteiger partial charge in [0.05, 0.1) is 17.8 Å². The van der Waals surface area contributed by atoms with E-state index in [1.54, 1.807) is 6.20 Å². The number of alkyl halides is 6. The third-order valence-corrected chi connectivity index (χ3v) is 10.1. The average molecular weight is 781 g/mol. The molecule has 0 bridgehead atoms. The SMILES string of the molecule is CC.CC(C)c1cc(C#Cc2ccc(CC(=O)O)cc2)ccc1Cn1ccnc1.O=S(=O)(N(c1ccc(Cl)cn1)S(=O)(=O)C(F)(F)F)C(F)(F)F. The standard InChI is InChI=1S/C23H22N2O2.C7H3ClF6N2O4S2.C2H6/c1-17(2)22-13-19(9-10-21(22)15-25-12-11-24-16-25)6-3-18-4-7-20(8-5-18)14-23(26)27;8-4-1-2-5(15-3-4)16(21(17,18)6(9,10)11)22(19,20)7(12,13)14;1-2/h4-5,7-13,16-17H,14-15H2,1-2H3,(H,26,27);1-3H;1-2H3. The molecule has 19 heteroatoms. The number of halogens is 7. The van der Waals surface area contributed by atoms with Crippen LogP contribution in [0.25, 0.3) is 0 Å². The number of imidazole rings is 1. The van der Waals surface area contributed by atoms with Crippen LogP contribution in [-0.4, -0.2) is 53.5 Å². The number of hydrogen-bond acceptors (Lipinski definition) is 7. The van der Waals surface area contributed by atoms with Gasteiger partial charge < -0.3 is 9.67 Å². The van der Waals surface area contributed by atoms with Gasteiger partial charge >= 0.3 is 37.0 Å². The van der Waals surface area contributed by atoms with Crippen LogP contribution >= 0.6 is 11.6 Å². The zero-order chi connectivity index (χ0) is 38.8. The first-order valence-corrected chi connectivity index (χ1v) is 17.8. The fraction of sp³-hybridized carbons (Fsp3) is 0.281. The molecule has 0 amide bonds. The molecule has 0 atom stereocenters. The minimum atomic E-state index is -6.93. The van der Waals surface area contributed by atoms with E-state index in [2.05, 4.69) is 52.4 Å². The number of nitrogens with zero attached hydrogens (tertiary/aromatic N) is 4. The van der Waals surface area contributed by atoms with Crippen molar-refractivity contribution in [2.45, 2.75) is 57.6 Å². The zero-order valence-corrected chi connectivity index (χ0v) is 29.6. The first-order valence-electron chi connectivity index (χ1n) is 14.6. The second-order valence-corrected chi connectivity index (χ2v) is 14.5. The largest absolute Gasteiger partial charge is 0.517 e. The normalized spacial score (nSPS) is 11.7. The summed E-state index contributed by atoms with van der Waals surface area (Å²) in [6.45, 7) is 9.17. The molecular formula is C32H31ClF6N4O6S2. The van der Waals surface area contributed by atoms with Gasteiger partial charge in [-0.05, 0) is 59.0 Å². The lowest BCUT2D eigenvalue weighted by molar-refractivity contribution is -0.136. The molecule has 0 fully saturated rings. The summed E-state index contributed by atoms with van der Waals surface area (Å²) in [5, 5.41) is 8.55. The number of benzene rings is 2. The molecule has 0 unspecified atom stereocenters. The minimum absolute atomic E-state index is 0.0316. The predicted octanol–water partition coefficient (Wildman–Crippen LogP) is 7.35. The summed E-state index contributed by atoms with van der Waals surface area (Å²) in [6.07, 6.45) is 6.08. The fourth-order valence-corrected chi connectivity index (χ4v) is 6.73. The smallest absolute Gasteiger partial charge is 0.481 e. The van der Waals surface area contributed by atoms with Gasteiger partial charge in [0.2, 0.25) is 0 Å². The van der Waals surface area contributed by atoms with Gasteiger partial charge in [-0.3, -0.25) is 4.79 Å². The van der Waals surface area contributed by atoms with E-state index in [4.69, 9.17) is 16.7 Å². The molecule has 2 aromatic carbocycles. The number of aliphatic carboxylic acids is 1. The predicted molar refractivity (Wildman–Crippen MR) is 179 cm³/mol. The number of anilines is 1. The number of hydrogen-bond donors (Lipinski definition) is 1. The molecule has 0 saturated carbocycles. The van der Waals surface area contributed by atoms with Crippen LogP contribution in [0.4, 0.5) is 32.2 Å². The van der Waals surface area contributed by atoms with E-state index in [-0.39, 0.29) is 17.5 Å². The van der Waals surface area contributed by atoms with Crippen LogP contribution in [0.1, 0.15) is 61.4 Å². The van der Waals surface area contributed by atoms with Crippen molar-refractivity contribution >= 4 is 43.4 Å². The number of aromatic nitrogens is 3. The number of carboxylic acids is 1. The maximum Gasteiger partial charge on any atom is 0.517 e. The maximum atomic E-state index is 12.5. The minimum Gasteiger partial charge on any atom is -0.481 e. The molecule has 51 heavy (non-hydrogen) atoms. The van der Waals surface area contributed by atoms with Crippen molar-refractivity contribution in [3.8, 4) is 11.8 Å². The Morgan fingerprint density at radius 1 is 0.902 bits per heavy atom. The molecular weight excluding hydrogens is 750 g/mol. The molecule has 0 spiro atoms. The zero-order valence-electron chi connectivity index (χ0n) is 27.2. The van der Waals surface area contributed by atoms with Crippen LogP contribution in [0.5, 0.6) is 0 Å². The van der Waals surface area contributed by atoms with Crippen LogP contribution in [0.3, 0.4) is 0 Å². The number of sulfonamides is 2. The number of carbonyl (C=O) groups is 1. The van der Waals surface area contributed by atoms with E-state index in [9.17, 15) is 48.0 Å². The summed E-state index contributed by atoms with van der Waals surface area (Å²) in [4.78, 5) is 17.7. The van der Waals surface area contributed by atoms with E-state index in [1.807, 2.05) is 56.7 Å². The van der Waals surface area contributed by atoms with Crippen molar-refractivity contribution in [2.24, 2.45) is 0 Å². The van der Waals surface area contributed by atoms with E-state index in [0.29, 0.717) is 18.2 Å². The van der Waals surface area contributed by atoms with Gasteiger partial charge in [0.1, 0.15) is 0 Å². The van der Waals surface area contributed by atoms with Crippen LogP contribution < -0.4 is 3.71 Å². The Bertz CT molecular complexity index is 2000. The molecule has 10 nitrogen and oxygen atoms in total. The molecule has 0 aliphatic rings. The van der Waals surface area contributed by atoms with Crippen molar-refractivity contribution in [3.63, 3.8) is 0 Å². The fourth-order valence-electron chi connectivity index (χ4n) is 4.00. The second-order valence-electron chi connectivity index (χ2n) is 10.3. The molecule has 4 aromatic rings. The first kappa shape index (κ1) is 42.6. The highest BCUT2D eigenvalue weighted by Gasteiger charge is 2.62. The Balaban J connectivity index is 0.000000344. The molecule has 4 rings (SSSR count). The Kier molecular flexibility index (Phi) is 14.7. The summed E-state index contributed by atoms with van der Waals surface area (Å²) in [5.41, 5.74) is -7.45. The van der Waals surface area contributed by atoms with Crippen molar-refractivity contribution in [2.75, 3.05) is 3.71 Å². The van der Waals surface area contributed by atoms with Crippen LogP contribution in [0.15, 0.2) is 79.5 Å². The van der Waals surface area contributed by atoms with E-state index >= 15 is 0 Å². The van der Waals surface area contributed by atoms with Crippen molar-refractivity contribution in [1.82, 2.24) is 14.5 Å². The molecule has 2 aromatic heterocycles. The summed E-state index contributed by atoms with van der Waals surface area (Å²) in [7, 11) is -13.9. The third kappa shape index (κ3) is 11.5. The second kappa shape index (κ2) is 17.6. The average Bonchev–Trinajstić information content (AvgIpc) is 3.55. The topological polar surface area (TPSA) is 140 Å². The first-order chi connectivity index (χ1) is 23.6. The Hall–Kier alpha value is -4.60. The van der Waals surface area contributed by atoms with E-state index in [0.717, 1.165) is 23.2 Å². The molecule has 0 saturated heterocycles. The van der Waals surface area contributed by atoms with Gasteiger partial charge in [-0.1, -0.05) is 69.3 Å². The highest BCUT2D eigenvalue weighted by Crippen LogP contribution is 2.38.